The van der Waals surface area contributed by atoms with Crippen LogP contribution < -0.4 is 10.1 Å². The SMILES string of the molecule is O=C(O)C1(C(=O)N[C@@H]2CC3(CCCC3)Oc3ccc(Cl)cc32)CC1. The van der Waals surface area contributed by atoms with Crippen molar-refractivity contribution in [2.45, 2.75) is 56.6 Å². The Balaban J connectivity index is 1.65. The Bertz CT molecular complexity index is 707. The fraction of sp³-hybridized carbons (Fsp3) is 0.556. The molecule has 2 N–H and O–H groups in total. The minimum atomic E-state index is -1.24. The molecule has 1 atom stereocenters. The van der Waals surface area contributed by atoms with E-state index in [0.29, 0.717) is 24.3 Å². The smallest absolute Gasteiger partial charge is 0.319 e. The van der Waals surface area contributed by atoms with Crippen LogP contribution in [0.25, 0.3) is 0 Å². The molecule has 1 heterocycles. The molecular formula is C18H20ClNO4. The van der Waals surface area contributed by atoms with Crippen LogP contribution in [0, 0.1) is 5.41 Å². The van der Waals surface area contributed by atoms with Crippen LogP contribution in [0.2, 0.25) is 5.02 Å². The van der Waals surface area contributed by atoms with Crippen molar-refractivity contribution in [2.75, 3.05) is 0 Å². The van der Waals surface area contributed by atoms with E-state index in [2.05, 4.69) is 5.32 Å². The van der Waals surface area contributed by atoms with Gasteiger partial charge in [0.05, 0.1) is 6.04 Å². The normalized spacial score (nSPS) is 25.6. The van der Waals surface area contributed by atoms with Crippen molar-refractivity contribution in [1.82, 2.24) is 5.32 Å². The third-order valence-corrected chi connectivity index (χ3v) is 5.90. The van der Waals surface area contributed by atoms with Crippen molar-refractivity contribution in [3.05, 3.63) is 28.8 Å². The van der Waals surface area contributed by atoms with E-state index in [1.165, 1.54) is 0 Å². The molecule has 4 rings (SSSR count). The number of aliphatic carboxylic acids is 1. The first kappa shape index (κ1) is 15.8. The molecule has 2 fully saturated rings. The molecule has 5 nitrogen and oxygen atoms in total. The number of hydrogen-bond acceptors (Lipinski definition) is 3. The molecule has 0 bridgehead atoms. The number of carboxylic acids is 1. The lowest BCUT2D eigenvalue weighted by Crippen LogP contribution is -2.46. The summed E-state index contributed by atoms with van der Waals surface area (Å²) >= 11 is 6.12. The second-order valence-corrected chi connectivity index (χ2v) is 7.73. The van der Waals surface area contributed by atoms with Crippen LogP contribution in [0.3, 0.4) is 0 Å². The van der Waals surface area contributed by atoms with Gasteiger partial charge in [0, 0.05) is 17.0 Å². The maximum atomic E-state index is 12.6. The van der Waals surface area contributed by atoms with E-state index in [-0.39, 0.29) is 17.6 Å². The molecule has 6 heteroatoms. The summed E-state index contributed by atoms with van der Waals surface area (Å²) in [6.07, 6.45) is 5.64. The van der Waals surface area contributed by atoms with Gasteiger partial charge in [-0.2, -0.15) is 0 Å². The molecule has 1 spiro atoms. The molecule has 0 radical (unpaired) electrons. The monoisotopic (exact) mass is 349 g/mol. The first-order chi connectivity index (χ1) is 11.4. The Kier molecular flexibility index (Phi) is 3.53. The van der Waals surface area contributed by atoms with Crippen LogP contribution in [0.1, 0.15) is 56.6 Å². The van der Waals surface area contributed by atoms with Crippen molar-refractivity contribution in [3.8, 4) is 5.75 Å². The molecule has 3 aliphatic rings. The lowest BCUT2D eigenvalue weighted by molar-refractivity contribution is -0.149. The van der Waals surface area contributed by atoms with Crippen molar-refractivity contribution < 1.29 is 19.4 Å². The highest BCUT2D eigenvalue weighted by molar-refractivity contribution is 6.30. The Morgan fingerprint density at radius 1 is 1.21 bits per heavy atom. The lowest BCUT2D eigenvalue weighted by Gasteiger charge is -2.40. The highest BCUT2D eigenvalue weighted by Gasteiger charge is 2.58. The van der Waals surface area contributed by atoms with Crippen LogP contribution in [0.5, 0.6) is 5.75 Å². The third-order valence-electron chi connectivity index (χ3n) is 5.66. The maximum Gasteiger partial charge on any atom is 0.319 e. The number of amides is 1. The average Bonchev–Trinajstić information content (AvgIpc) is 3.25. The number of benzene rings is 1. The quantitative estimate of drug-likeness (QED) is 0.819. The van der Waals surface area contributed by atoms with Crippen molar-refractivity contribution in [3.63, 3.8) is 0 Å². The summed E-state index contributed by atoms with van der Waals surface area (Å²) in [5.74, 6) is -0.673. The van der Waals surface area contributed by atoms with Gasteiger partial charge < -0.3 is 15.2 Å². The first-order valence-corrected chi connectivity index (χ1v) is 8.85. The van der Waals surface area contributed by atoms with Crippen molar-refractivity contribution in [2.24, 2.45) is 5.41 Å². The highest BCUT2D eigenvalue weighted by atomic mass is 35.5. The van der Waals surface area contributed by atoms with Gasteiger partial charge in [0.15, 0.2) is 0 Å². The largest absolute Gasteiger partial charge is 0.487 e. The molecule has 1 amide bonds. The van der Waals surface area contributed by atoms with E-state index >= 15 is 0 Å². The van der Waals surface area contributed by atoms with Gasteiger partial charge in [-0.25, -0.2) is 0 Å². The number of nitrogens with one attached hydrogen (secondary N) is 1. The van der Waals surface area contributed by atoms with Crippen LogP contribution in [-0.4, -0.2) is 22.6 Å². The fourth-order valence-electron chi connectivity index (χ4n) is 4.06. The van der Waals surface area contributed by atoms with E-state index in [0.717, 1.165) is 37.0 Å². The van der Waals surface area contributed by atoms with Crippen LogP contribution in [0.15, 0.2) is 18.2 Å². The van der Waals surface area contributed by atoms with Gasteiger partial charge in [0.2, 0.25) is 5.91 Å². The Labute approximate surface area is 145 Å². The molecule has 1 aromatic carbocycles. The van der Waals surface area contributed by atoms with Crippen LogP contribution >= 0.6 is 11.6 Å². The predicted molar refractivity (Wildman–Crippen MR) is 88.1 cm³/mol. The number of carbonyl (C=O) groups is 2. The topological polar surface area (TPSA) is 75.6 Å². The van der Waals surface area contributed by atoms with Gasteiger partial charge in [0.25, 0.3) is 0 Å². The van der Waals surface area contributed by atoms with Gasteiger partial charge in [-0.3, -0.25) is 9.59 Å². The van der Waals surface area contributed by atoms with Gasteiger partial charge in [-0.15, -0.1) is 0 Å². The second kappa shape index (κ2) is 5.38. The number of rotatable bonds is 3. The fourth-order valence-corrected chi connectivity index (χ4v) is 4.24. The average molecular weight is 350 g/mol. The van der Waals surface area contributed by atoms with Gasteiger partial charge in [-0.1, -0.05) is 11.6 Å². The van der Waals surface area contributed by atoms with E-state index in [1.54, 1.807) is 6.07 Å². The molecular weight excluding hydrogens is 330 g/mol. The number of ether oxygens (including phenoxy) is 1. The Morgan fingerprint density at radius 2 is 1.92 bits per heavy atom. The van der Waals surface area contributed by atoms with Crippen LogP contribution in [0.4, 0.5) is 0 Å². The molecule has 2 aliphatic carbocycles. The summed E-state index contributed by atoms with van der Waals surface area (Å²) < 4.78 is 6.27. The predicted octanol–water partition coefficient (Wildman–Crippen LogP) is 3.46. The van der Waals surface area contributed by atoms with Crippen molar-refractivity contribution in [1.29, 1.82) is 0 Å². The minimum absolute atomic E-state index is 0.251. The molecule has 1 aromatic rings. The maximum absolute atomic E-state index is 12.6. The lowest BCUT2D eigenvalue weighted by atomic mass is 9.85. The number of halogens is 1. The minimum Gasteiger partial charge on any atom is -0.487 e. The molecule has 0 aromatic heterocycles. The summed E-state index contributed by atoms with van der Waals surface area (Å²) in [6, 6.07) is 5.19. The third kappa shape index (κ3) is 2.46. The Hall–Kier alpha value is -1.75. The summed E-state index contributed by atoms with van der Waals surface area (Å²) in [4.78, 5) is 24.0. The van der Waals surface area contributed by atoms with Crippen molar-refractivity contribution >= 4 is 23.5 Å². The van der Waals surface area contributed by atoms with E-state index < -0.39 is 11.4 Å². The zero-order valence-electron chi connectivity index (χ0n) is 13.3. The number of fused-ring (bicyclic) bond motifs is 1. The second-order valence-electron chi connectivity index (χ2n) is 7.29. The molecule has 24 heavy (non-hydrogen) atoms. The molecule has 0 unspecified atom stereocenters. The van der Waals surface area contributed by atoms with E-state index in [4.69, 9.17) is 16.3 Å². The Morgan fingerprint density at radius 3 is 2.54 bits per heavy atom. The van der Waals surface area contributed by atoms with E-state index in [9.17, 15) is 14.7 Å². The van der Waals surface area contributed by atoms with Gasteiger partial charge in [-0.05, 0) is 56.7 Å². The summed E-state index contributed by atoms with van der Waals surface area (Å²) in [7, 11) is 0. The van der Waals surface area contributed by atoms with E-state index in [1.807, 2.05) is 12.1 Å². The zero-order chi connectivity index (χ0) is 16.9. The number of carboxylic acid groups (broad SMARTS) is 1. The molecule has 128 valence electrons. The number of hydrogen-bond donors (Lipinski definition) is 2. The molecule has 2 saturated carbocycles. The highest BCUT2D eigenvalue weighted by Crippen LogP contribution is 2.50. The standard InChI is InChI=1S/C18H20ClNO4/c19-11-3-4-14-12(9-11)13(10-17(24-14)5-1-2-6-17)20-15(21)18(7-8-18)16(22)23/h3-4,9,13H,1-2,5-8,10H2,(H,20,21)(H,22,23)/t13-/m1/s1. The summed E-state index contributed by atoms with van der Waals surface area (Å²) in [5, 5.41) is 12.9. The summed E-state index contributed by atoms with van der Waals surface area (Å²) in [6.45, 7) is 0. The number of carbonyl (C=O) groups excluding carboxylic acids is 1. The van der Waals surface area contributed by atoms with Gasteiger partial charge >= 0.3 is 5.97 Å². The van der Waals surface area contributed by atoms with Gasteiger partial charge in [0.1, 0.15) is 16.8 Å². The van der Waals surface area contributed by atoms with Crippen LogP contribution in [-0.2, 0) is 9.59 Å². The molecule has 1 aliphatic heterocycles. The zero-order valence-corrected chi connectivity index (χ0v) is 14.1. The molecule has 0 saturated heterocycles. The summed E-state index contributed by atoms with van der Waals surface area (Å²) in [5.41, 5.74) is -0.645. The first-order valence-electron chi connectivity index (χ1n) is 8.47.